The van der Waals surface area contributed by atoms with E-state index in [0.717, 1.165) is 19.5 Å². The van der Waals surface area contributed by atoms with Crippen LogP contribution in [0.3, 0.4) is 0 Å². The zero-order valence-corrected chi connectivity index (χ0v) is 11.7. The van der Waals surface area contributed by atoms with Gasteiger partial charge in [0.15, 0.2) is 0 Å². The number of hydrogen-bond donors (Lipinski definition) is 1. The molecule has 0 amide bonds. The number of carboxylic acids is 1. The maximum Gasteiger partial charge on any atom is 0.339 e. The molecule has 1 atom stereocenters. The van der Waals surface area contributed by atoms with Crippen LogP contribution in [0.25, 0.3) is 0 Å². The first-order chi connectivity index (χ1) is 9.65. The molecule has 0 aromatic carbocycles. The maximum atomic E-state index is 11.0. The van der Waals surface area contributed by atoms with Gasteiger partial charge < -0.3 is 10.0 Å². The summed E-state index contributed by atoms with van der Waals surface area (Å²) in [5.74, 6) is -0.306. The van der Waals surface area contributed by atoms with E-state index in [2.05, 4.69) is 19.8 Å². The largest absolute Gasteiger partial charge is 0.478 e. The number of carboxylic acid groups (broad SMARTS) is 1. The highest BCUT2D eigenvalue weighted by atomic mass is 16.4. The summed E-state index contributed by atoms with van der Waals surface area (Å²) in [5.41, 5.74) is 0.719. The van der Waals surface area contributed by atoms with Gasteiger partial charge in [-0.1, -0.05) is 0 Å². The van der Waals surface area contributed by atoms with Crippen molar-refractivity contribution >= 4 is 11.9 Å². The summed E-state index contributed by atoms with van der Waals surface area (Å²) in [5, 5.41) is 9.01. The molecule has 0 radical (unpaired) electrons. The first kappa shape index (κ1) is 13.3. The van der Waals surface area contributed by atoms with Gasteiger partial charge in [0.05, 0.1) is 11.3 Å². The van der Waals surface area contributed by atoms with Crippen molar-refractivity contribution in [2.24, 2.45) is 0 Å². The van der Waals surface area contributed by atoms with Crippen molar-refractivity contribution in [3.8, 4) is 0 Å². The summed E-state index contributed by atoms with van der Waals surface area (Å²) < 4.78 is 0. The third-order valence-electron chi connectivity index (χ3n) is 4.30. The van der Waals surface area contributed by atoms with Crippen molar-refractivity contribution < 1.29 is 9.90 Å². The lowest BCUT2D eigenvalue weighted by atomic mass is 10.2. The molecule has 1 aromatic rings. The molecule has 0 spiro atoms. The highest BCUT2D eigenvalue weighted by Crippen LogP contribution is 2.23. The molecule has 2 aliphatic rings. The number of hydrogen-bond acceptors (Lipinski definition) is 5. The molecule has 1 aromatic heterocycles. The SMILES string of the molecule is Cc1nc(N2CCC(N3CCCC3)C2)ncc1C(=O)O. The van der Waals surface area contributed by atoms with Crippen molar-refractivity contribution in [3.63, 3.8) is 0 Å². The highest BCUT2D eigenvalue weighted by molar-refractivity contribution is 5.88. The van der Waals surface area contributed by atoms with Gasteiger partial charge in [0.2, 0.25) is 5.95 Å². The van der Waals surface area contributed by atoms with Gasteiger partial charge in [0.1, 0.15) is 0 Å². The van der Waals surface area contributed by atoms with Gasteiger partial charge >= 0.3 is 5.97 Å². The molecule has 2 aliphatic heterocycles. The predicted octanol–water partition coefficient (Wildman–Crippen LogP) is 1.16. The normalized spacial score (nSPS) is 23.4. The Kier molecular flexibility index (Phi) is 3.56. The smallest absolute Gasteiger partial charge is 0.339 e. The zero-order chi connectivity index (χ0) is 14.1. The third-order valence-corrected chi connectivity index (χ3v) is 4.30. The molecule has 3 heterocycles. The molecule has 6 heteroatoms. The molecule has 2 fully saturated rings. The molecule has 108 valence electrons. The first-order valence-corrected chi connectivity index (χ1v) is 7.21. The Morgan fingerprint density at radius 3 is 2.75 bits per heavy atom. The number of carbonyl (C=O) groups is 1. The molecule has 0 saturated carbocycles. The van der Waals surface area contributed by atoms with Crippen LogP contribution in [-0.4, -0.2) is 58.2 Å². The molecule has 3 rings (SSSR count). The summed E-state index contributed by atoms with van der Waals surface area (Å²) in [6.07, 6.45) is 5.17. The fourth-order valence-electron chi connectivity index (χ4n) is 3.15. The summed E-state index contributed by atoms with van der Waals surface area (Å²) in [6, 6.07) is 0.598. The number of rotatable bonds is 3. The lowest BCUT2D eigenvalue weighted by molar-refractivity contribution is 0.0695. The zero-order valence-electron chi connectivity index (χ0n) is 11.7. The fraction of sp³-hybridized carbons (Fsp3) is 0.643. The molecule has 0 aliphatic carbocycles. The lowest BCUT2D eigenvalue weighted by Gasteiger charge is -2.23. The van der Waals surface area contributed by atoms with Crippen molar-refractivity contribution in [3.05, 3.63) is 17.5 Å². The van der Waals surface area contributed by atoms with Gasteiger partial charge in [-0.15, -0.1) is 0 Å². The number of aromatic carboxylic acids is 1. The second kappa shape index (κ2) is 5.36. The van der Waals surface area contributed by atoms with Gasteiger partial charge in [-0.25, -0.2) is 14.8 Å². The van der Waals surface area contributed by atoms with E-state index in [0.29, 0.717) is 17.7 Å². The van der Waals surface area contributed by atoms with Crippen LogP contribution in [0.4, 0.5) is 5.95 Å². The van der Waals surface area contributed by atoms with Gasteiger partial charge in [-0.2, -0.15) is 0 Å². The Hall–Kier alpha value is -1.69. The number of likely N-dealkylation sites (tertiary alicyclic amines) is 1. The summed E-state index contributed by atoms with van der Waals surface area (Å²) >= 11 is 0. The van der Waals surface area contributed by atoms with Crippen LogP contribution in [0.2, 0.25) is 0 Å². The number of aryl methyl sites for hydroxylation is 1. The average molecular weight is 276 g/mol. The van der Waals surface area contributed by atoms with Gasteiger partial charge in [-0.05, 0) is 39.3 Å². The molecule has 6 nitrogen and oxygen atoms in total. The second-order valence-electron chi connectivity index (χ2n) is 5.61. The number of anilines is 1. The van der Waals surface area contributed by atoms with E-state index in [9.17, 15) is 4.79 Å². The van der Waals surface area contributed by atoms with Crippen molar-refractivity contribution in [1.29, 1.82) is 0 Å². The molecular formula is C14H20N4O2. The minimum atomic E-state index is -0.967. The van der Waals surface area contributed by atoms with Crippen LogP contribution < -0.4 is 4.90 Å². The minimum absolute atomic E-state index is 0.184. The fourth-order valence-corrected chi connectivity index (χ4v) is 3.15. The van der Waals surface area contributed by atoms with Crippen LogP contribution in [0.1, 0.15) is 35.3 Å². The maximum absolute atomic E-state index is 11.0. The van der Waals surface area contributed by atoms with Crippen molar-refractivity contribution in [2.45, 2.75) is 32.2 Å². The second-order valence-corrected chi connectivity index (χ2v) is 5.61. The van der Waals surface area contributed by atoms with Gasteiger partial charge in [0.25, 0.3) is 0 Å². The van der Waals surface area contributed by atoms with E-state index in [1.165, 1.54) is 32.1 Å². The Bertz CT molecular complexity index is 514. The monoisotopic (exact) mass is 276 g/mol. The topological polar surface area (TPSA) is 69.6 Å². The molecule has 2 saturated heterocycles. The van der Waals surface area contributed by atoms with E-state index < -0.39 is 5.97 Å². The quantitative estimate of drug-likeness (QED) is 0.893. The Labute approximate surface area is 118 Å². The van der Waals surface area contributed by atoms with Crippen LogP contribution in [0.5, 0.6) is 0 Å². The van der Waals surface area contributed by atoms with Crippen LogP contribution in [0.15, 0.2) is 6.20 Å². The molecular weight excluding hydrogens is 256 g/mol. The van der Waals surface area contributed by atoms with Crippen LogP contribution >= 0.6 is 0 Å². The summed E-state index contributed by atoms with van der Waals surface area (Å²) in [7, 11) is 0. The molecule has 20 heavy (non-hydrogen) atoms. The standard InChI is InChI=1S/C14H20N4O2/c1-10-12(13(19)20)8-15-14(16-10)18-7-4-11(9-18)17-5-2-3-6-17/h8,11H,2-7,9H2,1H3,(H,19,20). The average Bonchev–Trinajstić information content (AvgIpc) is 3.09. The van der Waals surface area contributed by atoms with Crippen LogP contribution in [-0.2, 0) is 0 Å². The van der Waals surface area contributed by atoms with E-state index in [4.69, 9.17) is 5.11 Å². The number of aromatic nitrogens is 2. The van der Waals surface area contributed by atoms with Gasteiger partial charge in [-0.3, -0.25) is 4.90 Å². The van der Waals surface area contributed by atoms with E-state index in [1.807, 2.05) is 0 Å². The Morgan fingerprint density at radius 2 is 2.10 bits per heavy atom. The van der Waals surface area contributed by atoms with Crippen molar-refractivity contribution in [1.82, 2.24) is 14.9 Å². The number of nitrogens with zero attached hydrogens (tertiary/aromatic N) is 4. The summed E-state index contributed by atoms with van der Waals surface area (Å²) in [4.78, 5) is 24.3. The molecule has 0 bridgehead atoms. The van der Waals surface area contributed by atoms with Crippen LogP contribution in [0, 0.1) is 6.92 Å². The van der Waals surface area contributed by atoms with E-state index in [1.54, 1.807) is 6.92 Å². The Morgan fingerprint density at radius 1 is 1.35 bits per heavy atom. The summed E-state index contributed by atoms with van der Waals surface area (Å²) in [6.45, 7) is 6.04. The van der Waals surface area contributed by atoms with Gasteiger partial charge in [0, 0.05) is 25.3 Å². The molecule has 1 unspecified atom stereocenters. The van der Waals surface area contributed by atoms with Crippen molar-refractivity contribution in [2.75, 3.05) is 31.1 Å². The predicted molar refractivity (Wildman–Crippen MR) is 75.2 cm³/mol. The highest BCUT2D eigenvalue weighted by Gasteiger charge is 2.30. The minimum Gasteiger partial charge on any atom is -0.478 e. The van der Waals surface area contributed by atoms with E-state index in [-0.39, 0.29) is 5.56 Å². The Balaban J connectivity index is 1.71. The lowest BCUT2D eigenvalue weighted by Crippen LogP contribution is -2.35. The first-order valence-electron chi connectivity index (χ1n) is 7.21. The third kappa shape index (κ3) is 2.47. The van der Waals surface area contributed by atoms with E-state index >= 15 is 0 Å². The molecule has 1 N–H and O–H groups in total.